The van der Waals surface area contributed by atoms with E-state index in [1.165, 1.54) is 10.2 Å². The van der Waals surface area contributed by atoms with Crippen LogP contribution in [0, 0.1) is 0 Å². The topological polar surface area (TPSA) is 69.6 Å². The van der Waals surface area contributed by atoms with Crippen LogP contribution >= 0.6 is 0 Å². The molecule has 15 heavy (non-hydrogen) atoms. The van der Waals surface area contributed by atoms with Gasteiger partial charge in [-0.05, 0) is 34.5 Å². The summed E-state index contributed by atoms with van der Waals surface area (Å²) in [6.07, 6.45) is 2.23. The zero-order valence-electron chi connectivity index (χ0n) is 8.59. The van der Waals surface area contributed by atoms with Gasteiger partial charge in [0, 0.05) is 0 Å². The van der Waals surface area contributed by atoms with E-state index in [2.05, 4.69) is 34.6 Å². The minimum Gasteiger partial charge on any atom is -0.366 e. The molecule has 78 valence electrons. The summed E-state index contributed by atoms with van der Waals surface area (Å²) in [5, 5.41) is 10.9. The fraction of sp³-hybridized carbons (Fsp3) is 0.300. The van der Waals surface area contributed by atoms with Gasteiger partial charge in [-0.3, -0.25) is 0 Å². The Hall–Kier alpha value is -1.91. The molecule has 1 aromatic carbocycles. The monoisotopic (exact) mass is 203 g/mol. The van der Waals surface area contributed by atoms with Crippen molar-refractivity contribution in [2.24, 2.45) is 0 Å². The van der Waals surface area contributed by atoms with Crippen LogP contribution in [0.1, 0.15) is 18.9 Å². The lowest BCUT2D eigenvalue weighted by Gasteiger charge is -2.02. The molecule has 0 unspecified atom stereocenters. The second-order valence-corrected chi connectivity index (χ2v) is 3.37. The van der Waals surface area contributed by atoms with Crippen molar-refractivity contribution in [2.75, 3.05) is 5.73 Å². The Morgan fingerprint density at radius 2 is 2.00 bits per heavy atom. The Morgan fingerprint density at radius 3 is 2.53 bits per heavy atom. The quantitative estimate of drug-likeness (QED) is 0.813. The Kier molecular flexibility index (Phi) is 2.62. The number of benzene rings is 1. The smallest absolute Gasteiger partial charge is 0.245 e. The van der Waals surface area contributed by atoms with E-state index >= 15 is 0 Å². The van der Waals surface area contributed by atoms with Gasteiger partial charge in [-0.25, -0.2) is 0 Å². The summed E-state index contributed by atoms with van der Waals surface area (Å²) in [6.45, 7) is 2.16. The largest absolute Gasteiger partial charge is 0.366 e. The first kappa shape index (κ1) is 9.64. The molecule has 5 heteroatoms. The lowest BCUT2D eigenvalue weighted by Crippen LogP contribution is -2.02. The third-order valence-electron chi connectivity index (χ3n) is 2.21. The van der Waals surface area contributed by atoms with E-state index in [1.54, 1.807) is 0 Å². The van der Waals surface area contributed by atoms with Crippen molar-refractivity contribution >= 4 is 5.95 Å². The van der Waals surface area contributed by atoms with Crippen LogP contribution in [-0.2, 0) is 6.42 Å². The maximum absolute atomic E-state index is 5.60. The number of anilines is 1. The zero-order valence-corrected chi connectivity index (χ0v) is 8.59. The van der Waals surface area contributed by atoms with E-state index in [1.807, 2.05) is 12.1 Å². The third kappa shape index (κ3) is 1.96. The summed E-state index contributed by atoms with van der Waals surface area (Å²) in [6, 6.07) is 8.08. The molecule has 0 aliphatic carbocycles. The van der Waals surface area contributed by atoms with Gasteiger partial charge in [0.25, 0.3) is 0 Å². The molecule has 2 N–H and O–H groups in total. The number of nitrogens with zero attached hydrogens (tertiary/aromatic N) is 4. The first-order valence-corrected chi connectivity index (χ1v) is 4.94. The van der Waals surface area contributed by atoms with Gasteiger partial charge in [-0.2, -0.15) is 4.68 Å². The number of hydrogen-bond donors (Lipinski definition) is 1. The number of aryl methyl sites for hydroxylation is 1. The van der Waals surface area contributed by atoms with Gasteiger partial charge in [0.2, 0.25) is 5.95 Å². The third-order valence-corrected chi connectivity index (χ3v) is 2.21. The van der Waals surface area contributed by atoms with Gasteiger partial charge in [0.05, 0.1) is 5.69 Å². The van der Waals surface area contributed by atoms with E-state index in [-0.39, 0.29) is 0 Å². The summed E-state index contributed by atoms with van der Waals surface area (Å²) in [7, 11) is 0. The predicted molar refractivity (Wildman–Crippen MR) is 57.6 cm³/mol. The van der Waals surface area contributed by atoms with E-state index in [0.717, 1.165) is 18.5 Å². The lowest BCUT2D eigenvalue weighted by atomic mass is 10.1. The maximum atomic E-state index is 5.60. The molecule has 0 atom stereocenters. The maximum Gasteiger partial charge on any atom is 0.245 e. The molecule has 1 aromatic heterocycles. The first-order chi connectivity index (χ1) is 7.31. The molecular weight excluding hydrogens is 190 g/mol. The number of hydrogen-bond acceptors (Lipinski definition) is 4. The number of rotatable bonds is 3. The van der Waals surface area contributed by atoms with Crippen molar-refractivity contribution in [1.29, 1.82) is 0 Å². The zero-order chi connectivity index (χ0) is 10.7. The summed E-state index contributed by atoms with van der Waals surface area (Å²) >= 11 is 0. The fourth-order valence-electron chi connectivity index (χ4n) is 1.47. The van der Waals surface area contributed by atoms with Crippen LogP contribution in [0.3, 0.4) is 0 Å². The fourth-order valence-corrected chi connectivity index (χ4v) is 1.47. The van der Waals surface area contributed by atoms with Crippen molar-refractivity contribution in [2.45, 2.75) is 19.8 Å². The number of aromatic nitrogens is 4. The van der Waals surface area contributed by atoms with E-state index in [0.29, 0.717) is 5.95 Å². The van der Waals surface area contributed by atoms with Crippen molar-refractivity contribution in [3.05, 3.63) is 29.8 Å². The molecule has 0 spiro atoms. The highest BCUT2D eigenvalue weighted by atomic mass is 15.6. The molecule has 0 saturated heterocycles. The van der Waals surface area contributed by atoms with Gasteiger partial charge in [0.1, 0.15) is 0 Å². The molecule has 0 amide bonds. The van der Waals surface area contributed by atoms with Gasteiger partial charge in [-0.1, -0.05) is 30.6 Å². The second-order valence-electron chi connectivity index (χ2n) is 3.37. The van der Waals surface area contributed by atoms with Crippen molar-refractivity contribution in [3.8, 4) is 5.69 Å². The standard InChI is InChI=1S/C10H13N5/c1-2-3-8-4-6-9(7-5-8)15-10(11)12-13-14-15/h4-7H,2-3H2,1H3,(H2,11,12,14). The van der Waals surface area contributed by atoms with Crippen LogP contribution in [0.2, 0.25) is 0 Å². The molecule has 5 nitrogen and oxygen atoms in total. The van der Waals surface area contributed by atoms with Crippen LogP contribution < -0.4 is 5.73 Å². The molecule has 0 bridgehead atoms. The SMILES string of the molecule is CCCc1ccc(-n2nnnc2N)cc1. The lowest BCUT2D eigenvalue weighted by molar-refractivity contribution is 0.791. The van der Waals surface area contributed by atoms with Crippen LogP contribution in [-0.4, -0.2) is 20.2 Å². The van der Waals surface area contributed by atoms with Crippen molar-refractivity contribution < 1.29 is 0 Å². The highest BCUT2D eigenvalue weighted by Crippen LogP contribution is 2.11. The highest BCUT2D eigenvalue weighted by molar-refractivity contribution is 5.38. The highest BCUT2D eigenvalue weighted by Gasteiger charge is 2.03. The number of tetrazole rings is 1. The Bertz CT molecular complexity index is 431. The van der Waals surface area contributed by atoms with E-state index in [9.17, 15) is 0 Å². The molecule has 0 radical (unpaired) electrons. The second kappa shape index (κ2) is 4.08. The van der Waals surface area contributed by atoms with Crippen LogP contribution in [0.5, 0.6) is 0 Å². The minimum atomic E-state index is 0.304. The Balaban J connectivity index is 2.28. The predicted octanol–water partition coefficient (Wildman–Crippen LogP) is 1.20. The number of nitrogen functional groups attached to an aromatic ring is 1. The Morgan fingerprint density at radius 1 is 1.27 bits per heavy atom. The van der Waals surface area contributed by atoms with Crippen LogP contribution in [0.25, 0.3) is 5.69 Å². The van der Waals surface area contributed by atoms with E-state index < -0.39 is 0 Å². The minimum absolute atomic E-state index is 0.304. The van der Waals surface area contributed by atoms with Gasteiger partial charge < -0.3 is 5.73 Å². The average molecular weight is 203 g/mol. The molecule has 0 aliphatic heterocycles. The summed E-state index contributed by atoms with van der Waals surface area (Å²) in [4.78, 5) is 0. The molecule has 0 aliphatic rings. The van der Waals surface area contributed by atoms with Crippen LogP contribution in [0.15, 0.2) is 24.3 Å². The van der Waals surface area contributed by atoms with Crippen LogP contribution in [0.4, 0.5) is 5.95 Å². The number of nitrogens with two attached hydrogens (primary N) is 1. The van der Waals surface area contributed by atoms with Crippen molar-refractivity contribution in [1.82, 2.24) is 20.2 Å². The summed E-state index contributed by atoms with van der Waals surface area (Å²) < 4.78 is 1.51. The van der Waals surface area contributed by atoms with Gasteiger partial charge in [-0.15, -0.1) is 0 Å². The van der Waals surface area contributed by atoms with Gasteiger partial charge >= 0.3 is 0 Å². The molecular formula is C10H13N5. The molecule has 2 aromatic rings. The summed E-state index contributed by atoms with van der Waals surface area (Å²) in [5.74, 6) is 0.304. The average Bonchev–Trinajstić information content (AvgIpc) is 2.66. The molecule has 1 heterocycles. The molecule has 2 rings (SSSR count). The van der Waals surface area contributed by atoms with E-state index in [4.69, 9.17) is 5.73 Å². The van der Waals surface area contributed by atoms with Crippen molar-refractivity contribution in [3.63, 3.8) is 0 Å². The normalized spacial score (nSPS) is 10.5. The van der Waals surface area contributed by atoms with Gasteiger partial charge in [0.15, 0.2) is 0 Å². The summed E-state index contributed by atoms with van der Waals surface area (Å²) in [5.41, 5.74) is 7.80. The molecule has 0 saturated carbocycles. The first-order valence-electron chi connectivity index (χ1n) is 4.94. The molecule has 0 fully saturated rings. The Labute approximate surface area is 87.9 Å².